The molecule has 0 amide bonds. The Labute approximate surface area is 87.5 Å². The molecule has 2 saturated heterocycles. The largest absolute Gasteiger partial charge is 0.369 e. The van der Waals surface area contributed by atoms with Gasteiger partial charge in [0, 0.05) is 31.6 Å². The Kier molecular flexibility index (Phi) is 1.76. The molecule has 5 nitrogen and oxygen atoms in total. The molecule has 0 radical (unpaired) electrons. The molecule has 5 heteroatoms. The van der Waals surface area contributed by atoms with E-state index in [1.807, 2.05) is 6.07 Å². The fraction of sp³-hybridized carbons (Fsp3) is 0.500. The van der Waals surface area contributed by atoms with E-state index in [9.17, 15) is 4.91 Å². The van der Waals surface area contributed by atoms with Crippen LogP contribution < -0.4 is 10.2 Å². The number of hydrogen-bond acceptors (Lipinski definition) is 5. The summed E-state index contributed by atoms with van der Waals surface area (Å²) in [5.41, 5.74) is 1.60. The van der Waals surface area contributed by atoms with Gasteiger partial charge in [0.05, 0.1) is 11.9 Å². The summed E-state index contributed by atoms with van der Waals surface area (Å²) in [6.07, 6.45) is 1.72. The topological polar surface area (TPSA) is 57.6 Å². The lowest BCUT2D eigenvalue weighted by Gasteiger charge is -2.56. The summed E-state index contributed by atoms with van der Waals surface area (Å²) < 4.78 is 0. The van der Waals surface area contributed by atoms with Crippen LogP contribution in [0.15, 0.2) is 23.5 Å². The third kappa shape index (κ3) is 1.31. The minimum atomic E-state index is 0.249. The van der Waals surface area contributed by atoms with Crippen LogP contribution in [-0.4, -0.2) is 31.2 Å². The lowest BCUT2D eigenvalue weighted by Crippen LogP contribution is -2.71. The predicted molar refractivity (Wildman–Crippen MR) is 57.2 cm³/mol. The second-order valence-corrected chi connectivity index (χ2v) is 4.43. The minimum Gasteiger partial charge on any atom is -0.369 e. The summed E-state index contributed by atoms with van der Waals surface area (Å²) in [6.45, 7) is 4.45. The number of hydrogen-bond donors (Lipinski definition) is 1. The molecule has 0 unspecified atom stereocenters. The maximum Gasteiger partial charge on any atom is 0.196 e. The molecule has 0 aliphatic carbocycles. The lowest BCUT2D eigenvalue weighted by atomic mass is 9.74. The van der Waals surface area contributed by atoms with E-state index in [4.69, 9.17) is 0 Å². The van der Waals surface area contributed by atoms with E-state index in [2.05, 4.69) is 20.4 Å². The van der Waals surface area contributed by atoms with Crippen LogP contribution in [0.25, 0.3) is 0 Å². The number of nitrogens with zero attached hydrogens (tertiary/aromatic N) is 3. The van der Waals surface area contributed by atoms with Crippen LogP contribution in [0.5, 0.6) is 0 Å². The molecule has 1 spiro atoms. The predicted octanol–water partition coefficient (Wildman–Crippen LogP) is 0.889. The first-order chi connectivity index (χ1) is 7.31. The van der Waals surface area contributed by atoms with Crippen molar-refractivity contribution in [2.75, 3.05) is 31.1 Å². The van der Waals surface area contributed by atoms with Gasteiger partial charge >= 0.3 is 0 Å². The maximum atomic E-state index is 10.2. The number of aromatic nitrogens is 1. The van der Waals surface area contributed by atoms with E-state index in [1.54, 1.807) is 12.3 Å². The van der Waals surface area contributed by atoms with E-state index >= 15 is 0 Å². The SMILES string of the molecule is O=Nc1ccc(N2CC3(CNC3)C2)cn1. The van der Waals surface area contributed by atoms with E-state index in [-0.39, 0.29) is 5.82 Å². The van der Waals surface area contributed by atoms with Crippen molar-refractivity contribution < 1.29 is 0 Å². The molecule has 1 N–H and O–H groups in total. The molecular weight excluding hydrogens is 192 g/mol. The molecule has 0 bridgehead atoms. The molecule has 2 aliphatic heterocycles. The molecular formula is C10H12N4O. The zero-order chi connectivity index (χ0) is 10.3. The average Bonchev–Trinajstić information content (AvgIpc) is 2.14. The second kappa shape index (κ2) is 3.00. The smallest absolute Gasteiger partial charge is 0.196 e. The summed E-state index contributed by atoms with van der Waals surface area (Å²) in [6, 6.07) is 3.56. The molecule has 2 fully saturated rings. The zero-order valence-corrected chi connectivity index (χ0v) is 8.31. The van der Waals surface area contributed by atoms with Crippen molar-refractivity contribution in [3.8, 4) is 0 Å². The van der Waals surface area contributed by atoms with Gasteiger partial charge in [-0.1, -0.05) is 0 Å². The molecule has 78 valence electrons. The highest BCUT2D eigenvalue weighted by atomic mass is 16.3. The summed E-state index contributed by atoms with van der Waals surface area (Å²) in [7, 11) is 0. The van der Waals surface area contributed by atoms with Crippen molar-refractivity contribution in [1.29, 1.82) is 0 Å². The number of anilines is 1. The van der Waals surface area contributed by atoms with E-state index in [0.717, 1.165) is 31.9 Å². The van der Waals surface area contributed by atoms with Crippen LogP contribution in [0, 0.1) is 10.3 Å². The van der Waals surface area contributed by atoms with Gasteiger partial charge in [0.25, 0.3) is 0 Å². The van der Waals surface area contributed by atoms with Crippen molar-refractivity contribution >= 4 is 11.5 Å². The van der Waals surface area contributed by atoms with Gasteiger partial charge in [-0.05, 0) is 17.3 Å². The molecule has 1 aromatic rings. The van der Waals surface area contributed by atoms with Gasteiger partial charge in [-0.2, -0.15) is 0 Å². The van der Waals surface area contributed by atoms with Crippen molar-refractivity contribution in [3.63, 3.8) is 0 Å². The molecule has 3 rings (SSSR count). The van der Waals surface area contributed by atoms with E-state index in [0.29, 0.717) is 5.41 Å². The third-order valence-electron chi connectivity index (χ3n) is 3.24. The van der Waals surface area contributed by atoms with Crippen LogP contribution >= 0.6 is 0 Å². The minimum absolute atomic E-state index is 0.249. The molecule has 2 aliphatic rings. The van der Waals surface area contributed by atoms with Gasteiger partial charge in [-0.15, -0.1) is 4.91 Å². The first kappa shape index (κ1) is 8.79. The number of nitroso groups, excluding NO2 is 1. The Morgan fingerprint density at radius 1 is 1.40 bits per heavy atom. The van der Waals surface area contributed by atoms with Crippen LogP contribution in [0.2, 0.25) is 0 Å². The molecule has 15 heavy (non-hydrogen) atoms. The van der Waals surface area contributed by atoms with Crippen molar-refractivity contribution in [2.24, 2.45) is 10.6 Å². The zero-order valence-electron chi connectivity index (χ0n) is 8.31. The standard InChI is InChI=1S/C10H12N4O/c15-13-9-2-1-8(3-12-9)14-6-10(7-14)4-11-5-10/h1-3,11H,4-7H2. The van der Waals surface area contributed by atoms with Crippen molar-refractivity contribution in [3.05, 3.63) is 23.2 Å². The first-order valence-corrected chi connectivity index (χ1v) is 5.06. The molecule has 0 atom stereocenters. The molecule has 3 heterocycles. The third-order valence-corrected chi connectivity index (χ3v) is 3.24. The Balaban J connectivity index is 1.70. The van der Waals surface area contributed by atoms with Gasteiger partial charge in [0.1, 0.15) is 0 Å². The van der Waals surface area contributed by atoms with Crippen molar-refractivity contribution in [1.82, 2.24) is 10.3 Å². The van der Waals surface area contributed by atoms with Crippen LogP contribution in [0.4, 0.5) is 11.5 Å². The van der Waals surface area contributed by atoms with Gasteiger partial charge in [0.2, 0.25) is 0 Å². The highest BCUT2D eigenvalue weighted by molar-refractivity contribution is 5.51. The number of nitrogens with one attached hydrogen (secondary N) is 1. The van der Waals surface area contributed by atoms with Crippen LogP contribution in [-0.2, 0) is 0 Å². The second-order valence-electron chi connectivity index (χ2n) is 4.43. The Bertz CT molecular complexity index is 377. The summed E-state index contributed by atoms with van der Waals surface area (Å²) in [5.74, 6) is 0.249. The Morgan fingerprint density at radius 3 is 2.67 bits per heavy atom. The van der Waals surface area contributed by atoms with Crippen molar-refractivity contribution in [2.45, 2.75) is 0 Å². The molecule has 1 aromatic heterocycles. The van der Waals surface area contributed by atoms with E-state index < -0.39 is 0 Å². The van der Waals surface area contributed by atoms with Gasteiger partial charge in [0.15, 0.2) is 5.82 Å². The quantitative estimate of drug-likeness (QED) is 0.727. The summed E-state index contributed by atoms with van der Waals surface area (Å²) >= 11 is 0. The first-order valence-electron chi connectivity index (χ1n) is 5.06. The maximum absolute atomic E-state index is 10.2. The fourth-order valence-electron chi connectivity index (χ4n) is 2.27. The fourth-order valence-corrected chi connectivity index (χ4v) is 2.27. The number of rotatable bonds is 2. The molecule has 0 aromatic carbocycles. The van der Waals surface area contributed by atoms with Crippen LogP contribution in [0.1, 0.15) is 0 Å². The normalized spacial score (nSPS) is 22.0. The number of pyridine rings is 1. The Morgan fingerprint density at radius 2 is 2.20 bits per heavy atom. The Hall–Kier alpha value is -1.49. The lowest BCUT2D eigenvalue weighted by molar-refractivity contribution is 0.121. The van der Waals surface area contributed by atoms with Crippen LogP contribution in [0.3, 0.4) is 0 Å². The van der Waals surface area contributed by atoms with E-state index in [1.165, 1.54) is 0 Å². The highest BCUT2D eigenvalue weighted by Crippen LogP contribution is 2.37. The van der Waals surface area contributed by atoms with Gasteiger partial charge < -0.3 is 10.2 Å². The summed E-state index contributed by atoms with van der Waals surface area (Å²) in [4.78, 5) is 16.4. The molecule has 0 saturated carbocycles. The average molecular weight is 204 g/mol. The highest BCUT2D eigenvalue weighted by Gasteiger charge is 2.47. The monoisotopic (exact) mass is 204 g/mol. The van der Waals surface area contributed by atoms with Gasteiger partial charge in [-0.3, -0.25) is 0 Å². The summed E-state index contributed by atoms with van der Waals surface area (Å²) in [5, 5.41) is 6.08. The van der Waals surface area contributed by atoms with Gasteiger partial charge in [-0.25, -0.2) is 4.98 Å².